The molecule has 3 rings (SSSR count). The predicted molar refractivity (Wildman–Crippen MR) is 99.8 cm³/mol. The van der Waals surface area contributed by atoms with Crippen LogP contribution in [0.3, 0.4) is 0 Å². The fraction of sp³-hybridized carbons (Fsp3) is 0.150. The van der Waals surface area contributed by atoms with E-state index < -0.39 is 6.04 Å². The molecule has 0 saturated heterocycles. The van der Waals surface area contributed by atoms with Gasteiger partial charge in [-0.25, -0.2) is 5.43 Å². The van der Waals surface area contributed by atoms with Gasteiger partial charge in [0.1, 0.15) is 11.8 Å². The standard InChI is InChI=1S/C20H19N3O3.ClH/c1-13-7-8-18-16(9-13)19(24)15(12-26-18)11-22-23-20(25)17(21)10-14-5-3-2-4-6-14;/h2-9,11-12,17H,10,21H2,1H3,(H,23,25);1H/b22-11+;/t17-;/m0./s1. The molecule has 0 fully saturated rings. The molecule has 1 heterocycles. The summed E-state index contributed by atoms with van der Waals surface area (Å²) in [5.74, 6) is -0.314. The van der Waals surface area contributed by atoms with Crippen molar-refractivity contribution in [1.29, 1.82) is 0 Å². The number of nitrogens with zero attached hydrogens (tertiary/aromatic N) is 1. The highest BCUT2D eigenvalue weighted by Crippen LogP contribution is 2.12. The van der Waals surface area contributed by atoms with Crippen molar-refractivity contribution in [2.45, 2.75) is 19.4 Å². The van der Waals surface area contributed by atoms with E-state index in [1.807, 2.05) is 43.3 Å². The first kappa shape index (κ1) is 20.4. The van der Waals surface area contributed by atoms with Crippen LogP contribution in [-0.4, -0.2) is 18.2 Å². The fourth-order valence-electron chi connectivity index (χ4n) is 2.60. The Labute approximate surface area is 162 Å². The molecular weight excluding hydrogens is 366 g/mol. The van der Waals surface area contributed by atoms with Crippen molar-refractivity contribution in [3.8, 4) is 0 Å². The van der Waals surface area contributed by atoms with Crippen molar-refractivity contribution < 1.29 is 27.4 Å². The van der Waals surface area contributed by atoms with Gasteiger partial charge in [-0.3, -0.25) is 9.59 Å². The van der Waals surface area contributed by atoms with E-state index in [0.29, 0.717) is 17.4 Å². The Balaban J connectivity index is 0.00000261. The van der Waals surface area contributed by atoms with Gasteiger partial charge in [0.25, 0.3) is 5.91 Å². The summed E-state index contributed by atoms with van der Waals surface area (Å²) in [6.45, 7) is 1.90. The number of quaternary nitrogens is 1. The maximum Gasteiger partial charge on any atom is 0.298 e. The van der Waals surface area contributed by atoms with E-state index in [0.717, 1.165) is 11.1 Å². The first-order valence-corrected chi connectivity index (χ1v) is 8.26. The number of aryl methyl sites for hydroxylation is 1. The number of halogens is 1. The second-order valence-corrected chi connectivity index (χ2v) is 6.14. The van der Waals surface area contributed by atoms with Gasteiger partial charge in [-0.1, -0.05) is 42.0 Å². The van der Waals surface area contributed by atoms with E-state index >= 15 is 0 Å². The molecule has 1 atom stereocenters. The number of hydrogen-bond donors (Lipinski definition) is 2. The number of carbonyl (C=O) groups is 1. The zero-order chi connectivity index (χ0) is 18.5. The summed E-state index contributed by atoms with van der Waals surface area (Å²) in [5.41, 5.74) is 8.87. The van der Waals surface area contributed by atoms with Gasteiger partial charge in [-0.2, -0.15) is 5.10 Å². The highest BCUT2D eigenvalue weighted by atomic mass is 35.5. The van der Waals surface area contributed by atoms with Crippen molar-refractivity contribution in [3.05, 3.63) is 81.7 Å². The Morgan fingerprint density at radius 2 is 2.00 bits per heavy atom. The lowest BCUT2D eigenvalue weighted by molar-refractivity contribution is -0.403. The molecule has 2 aromatic carbocycles. The highest BCUT2D eigenvalue weighted by Gasteiger charge is 2.17. The SMILES string of the molecule is Cc1ccc2occ(/C=N/NC(=O)[C@@H]([NH3+])Cc3ccccc3)c(=O)c2c1.[Cl-]. The Hall–Kier alpha value is -2.96. The molecular formula is C20H20ClN3O3. The predicted octanol–water partition coefficient (Wildman–Crippen LogP) is -1.59. The van der Waals surface area contributed by atoms with E-state index in [-0.39, 0.29) is 29.3 Å². The Bertz CT molecular complexity index is 1020. The third kappa shape index (κ3) is 5.03. The largest absolute Gasteiger partial charge is 1.00 e. The number of benzene rings is 2. The molecule has 0 spiro atoms. The third-order valence-corrected chi connectivity index (χ3v) is 4.03. The Morgan fingerprint density at radius 1 is 1.26 bits per heavy atom. The Morgan fingerprint density at radius 3 is 2.74 bits per heavy atom. The van der Waals surface area contributed by atoms with Crippen LogP contribution in [0.25, 0.3) is 11.0 Å². The van der Waals surface area contributed by atoms with Gasteiger partial charge < -0.3 is 22.6 Å². The van der Waals surface area contributed by atoms with Crippen molar-refractivity contribution >= 4 is 23.1 Å². The number of hydrazone groups is 1. The van der Waals surface area contributed by atoms with E-state index in [2.05, 4.69) is 16.3 Å². The van der Waals surface area contributed by atoms with Gasteiger partial charge in [-0.05, 0) is 24.6 Å². The molecule has 0 bridgehead atoms. The minimum absolute atomic E-state index is 0. The van der Waals surface area contributed by atoms with Crippen molar-refractivity contribution in [2.24, 2.45) is 5.10 Å². The summed E-state index contributed by atoms with van der Waals surface area (Å²) in [6, 6.07) is 14.5. The van der Waals surface area contributed by atoms with Gasteiger partial charge in [0.05, 0.1) is 17.2 Å². The van der Waals surface area contributed by atoms with Crippen molar-refractivity contribution in [3.63, 3.8) is 0 Å². The van der Waals surface area contributed by atoms with Crippen LogP contribution in [0.1, 0.15) is 16.7 Å². The minimum Gasteiger partial charge on any atom is -1.00 e. The van der Waals surface area contributed by atoms with E-state index in [1.165, 1.54) is 12.5 Å². The average molecular weight is 386 g/mol. The number of amides is 1. The first-order valence-electron chi connectivity index (χ1n) is 8.26. The lowest BCUT2D eigenvalue weighted by atomic mass is 10.1. The minimum atomic E-state index is -0.481. The maximum absolute atomic E-state index is 12.5. The monoisotopic (exact) mass is 385 g/mol. The normalized spacial score (nSPS) is 11.9. The summed E-state index contributed by atoms with van der Waals surface area (Å²) < 4.78 is 5.45. The molecule has 7 heteroatoms. The molecule has 3 aromatic rings. The van der Waals surface area contributed by atoms with Crippen molar-refractivity contribution in [1.82, 2.24) is 5.43 Å². The quantitative estimate of drug-likeness (QED) is 0.409. The summed E-state index contributed by atoms with van der Waals surface area (Å²) in [6.07, 6.45) is 3.14. The molecule has 0 radical (unpaired) electrons. The maximum atomic E-state index is 12.5. The summed E-state index contributed by atoms with van der Waals surface area (Å²) in [4.78, 5) is 24.5. The van der Waals surface area contributed by atoms with Crippen LogP contribution in [0.4, 0.5) is 0 Å². The van der Waals surface area contributed by atoms with Crippen LogP contribution >= 0.6 is 0 Å². The molecule has 140 valence electrons. The lowest BCUT2D eigenvalue weighted by Gasteiger charge is -2.06. The second kappa shape index (κ2) is 9.12. The highest BCUT2D eigenvalue weighted by molar-refractivity contribution is 5.88. The number of rotatable bonds is 5. The lowest BCUT2D eigenvalue weighted by Crippen LogP contribution is -3.00. The second-order valence-electron chi connectivity index (χ2n) is 6.14. The van der Waals surface area contributed by atoms with Crippen molar-refractivity contribution in [2.75, 3.05) is 0 Å². The Kier molecular flexibility index (Phi) is 6.87. The molecule has 6 nitrogen and oxygen atoms in total. The average Bonchev–Trinajstić information content (AvgIpc) is 2.64. The van der Waals surface area contributed by atoms with Crippen LogP contribution < -0.4 is 29.0 Å². The number of carbonyl (C=O) groups excluding carboxylic acids is 1. The van der Waals surface area contributed by atoms with Gasteiger partial charge in [0.15, 0.2) is 6.04 Å². The topological polar surface area (TPSA) is 99.3 Å². The van der Waals surface area contributed by atoms with E-state index in [4.69, 9.17) is 4.42 Å². The molecule has 0 aliphatic heterocycles. The molecule has 0 aliphatic carbocycles. The van der Waals surface area contributed by atoms with Gasteiger partial charge in [0.2, 0.25) is 5.43 Å². The smallest absolute Gasteiger partial charge is 0.298 e. The molecule has 0 unspecified atom stereocenters. The van der Waals surface area contributed by atoms with Crippen LogP contribution in [0, 0.1) is 6.92 Å². The van der Waals surface area contributed by atoms with Crippen LogP contribution in [-0.2, 0) is 11.2 Å². The number of hydrogen-bond acceptors (Lipinski definition) is 4. The van der Waals surface area contributed by atoms with E-state index in [1.54, 1.807) is 12.1 Å². The van der Waals surface area contributed by atoms with Crippen LogP contribution in [0.15, 0.2) is 69.1 Å². The molecule has 1 aromatic heterocycles. The molecule has 0 saturated carbocycles. The number of nitrogens with one attached hydrogen (secondary N) is 1. The third-order valence-electron chi connectivity index (χ3n) is 4.03. The summed E-state index contributed by atoms with van der Waals surface area (Å²) in [5, 5.41) is 4.36. The first-order chi connectivity index (χ1) is 12.5. The van der Waals surface area contributed by atoms with Gasteiger partial charge >= 0.3 is 0 Å². The van der Waals surface area contributed by atoms with E-state index in [9.17, 15) is 9.59 Å². The van der Waals surface area contributed by atoms with Crippen LogP contribution in [0.5, 0.6) is 0 Å². The molecule has 27 heavy (non-hydrogen) atoms. The molecule has 1 amide bonds. The molecule has 4 N–H and O–H groups in total. The van der Waals surface area contributed by atoms with Gasteiger partial charge in [0, 0.05) is 6.42 Å². The summed E-state index contributed by atoms with van der Waals surface area (Å²) in [7, 11) is 0. The molecule has 0 aliphatic rings. The zero-order valence-electron chi connectivity index (χ0n) is 14.8. The van der Waals surface area contributed by atoms with Gasteiger partial charge in [-0.15, -0.1) is 0 Å². The fourth-order valence-corrected chi connectivity index (χ4v) is 2.60. The number of fused-ring (bicyclic) bond motifs is 1. The summed E-state index contributed by atoms with van der Waals surface area (Å²) >= 11 is 0. The zero-order valence-corrected chi connectivity index (χ0v) is 15.6. The van der Waals surface area contributed by atoms with Crippen LogP contribution in [0.2, 0.25) is 0 Å².